The van der Waals surface area contributed by atoms with E-state index in [1.165, 1.54) is 0 Å². The van der Waals surface area contributed by atoms with Gasteiger partial charge in [-0.2, -0.15) is 0 Å². The second kappa shape index (κ2) is 8.31. The van der Waals surface area contributed by atoms with Crippen molar-refractivity contribution in [2.45, 2.75) is 44.7 Å². The van der Waals surface area contributed by atoms with Crippen molar-refractivity contribution in [1.29, 1.82) is 0 Å². The van der Waals surface area contributed by atoms with Gasteiger partial charge in [-0.3, -0.25) is 0 Å². The molecule has 0 aromatic rings. The molecular formula is C14H26N2. The van der Waals surface area contributed by atoms with Crippen molar-refractivity contribution in [3.63, 3.8) is 0 Å². The van der Waals surface area contributed by atoms with Crippen LogP contribution in [0.3, 0.4) is 0 Å². The van der Waals surface area contributed by atoms with E-state index in [1.54, 1.807) is 0 Å². The molecule has 2 nitrogen and oxygen atoms in total. The van der Waals surface area contributed by atoms with Gasteiger partial charge >= 0.3 is 0 Å². The van der Waals surface area contributed by atoms with Gasteiger partial charge in [0.1, 0.15) is 0 Å². The summed E-state index contributed by atoms with van der Waals surface area (Å²) in [4.78, 5) is 0. The van der Waals surface area contributed by atoms with E-state index < -0.39 is 0 Å². The number of hydrogen-bond donors (Lipinski definition) is 2. The second-order valence-electron chi connectivity index (χ2n) is 4.53. The van der Waals surface area contributed by atoms with Crippen LogP contribution in [0.15, 0.2) is 38.0 Å². The molecule has 0 saturated carbocycles. The average molecular weight is 222 g/mol. The van der Waals surface area contributed by atoms with Crippen LogP contribution in [0.4, 0.5) is 0 Å². The standard InChI is InChI=1S/C14H26N2/c1-4-9-14(10-5-2,11-6-3)12-7-8-13(15)16/h4-6,13H,1-3,7-12,15-16H2. The van der Waals surface area contributed by atoms with Gasteiger partial charge in [0.2, 0.25) is 0 Å². The van der Waals surface area contributed by atoms with Gasteiger partial charge < -0.3 is 11.5 Å². The van der Waals surface area contributed by atoms with E-state index in [0.717, 1.165) is 38.5 Å². The Morgan fingerprint density at radius 3 is 1.69 bits per heavy atom. The largest absolute Gasteiger partial charge is 0.316 e. The summed E-state index contributed by atoms with van der Waals surface area (Å²) in [5.74, 6) is 0. The van der Waals surface area contributed by atoms with E-state index in [-0.39, 0.29) is 11.6 Å². The molecule has 0 fully saturated rings. The third-order valence-corrected chi connectivity index (χ3v) is 2.98. The summed E-state index contributed by atoms with van der Waals surface area (Å²) in [6.07, 6.45) is 11.7. The number of rotatable bonds is 10. The summed E-state index contributed by atoms with van der Waals surface area (Å²) in [7, 11) is 0. The van der Waals surface area contributed by atoms with Gasteiger partial charge in [-0.05, 0) is 37.5 Å². The number of allylic oxidation sites excluding steroid dienone is 3. The van der Waals surface area contributed by atoms with Gasteiger partial charge in [0.25, 0.3) is 0 Å². The van der Waals surface area contributed by atoms with E-state index in [0.29, 0.717) is 0 Å². The molecule has 0 spiro atoms. The van der Waals surface area contributed by atoms with Gasteiger partial charge in [-0.25, -0.2) is 0 Å². The average Bonchev–Trinajstić information content (AvgIpc) is 2.18. The summed E-state index contributed by atoms with van der Waals surface area (Å²) in [5, 5.41) is 0. The van der Waals surface area contributed by atoms with Crippen LogP contribution in [-0.4, -0.2) is 6.17 Å². The third kappa shape index (κ3) is 5.89. The maximum absolute atomic E-state index is 5.56. The van der Waals surface area contributed by atoms with Gasteiger partial charge in [0, 0.05) is 0 Å². The quantitative estimate of drug-likeness (QED) is 0.441. The Hall–Kier alpha value is -0.860. The molecule has 16 heavy (non-hydrogen) atoms. The normalized spacial score (nSPS) is 11.4. The molecule has 2 heteroatoms. The summed E-state index contributed by atoms with van der Waals surface area (Å²) in [5.41, 5.74) is 11.3. The van der Waals surface area contributed by atoms with Crippen molar-refractivity contribution >= 4 is 0 Å². The molecule has 0 aliphatic carbocycles. The zero-order chi connectivity index (χ0) is 12.4. The van der Waals surface area contributed by atoms with Crippen LogP contribution in [-0.2, 0) is 0 Å². The lowest BCUT2D eigenvalue weighted by atomic mass is 9.74. The first-order chi connectivity index (χ1) is 7.60. The highest BCUT2D eigenvalue weighted by atomic mass is 14.8. The highest BCUT2D eigenvalue weighted by Gasteiger charge is 2.25. The third-order valence-electron chi connectivity index (χ3n) is 2.98. The van der Waals surface area contributed by atoms with E-state index in [4.69, 9.17) is 11.5 Å². The van der Waals surface area contributed by atoms with Crippen LogP contribution in [0.5, 0.6) is 0 Å². The van der Waals surface area contributed by atoms with Crippen molar-refractivity contribution in [3.8, 4) is 0 Å². The fourth-order valence-corrected chi connectivity index (χ4v) is 2.19. The summed E-state index contributed by atoms with van der Waals surface area (Å²) < 4.78 is 0. The summed E-state index contributed by atoms with van der Waals surface area (Å²) in [6.45, 7) is 11.5. The Labute approximate surface area is 100 Å². The Kier molecular flexibility index (Phi) is 7.86. The maximum atomic E-state index is 5.56. The van der Waals surface area contributed by atoms with Crippen molar-refractivity contribution in [2.24, 2.45) is 16.9 Å². The lowest BCUT2D eigenvalue weighted by Gasteiger charge is -2.31. The minimum atomic E-state index is -0.200. The highest BCUT2D eigenvalue weighted by molar-refractivity contribution is 4.95. The molecule has 92 valence electrons. The zero-order valence-corrected chi connectivity index (χ0v) is 10.3. The molecule has 4 N–H and O–H groups in total. The predicted octanol–water partition coefficient (Wildman–Crippen LogP) is 3.11. The lowest BCUT2D eigenvalue weighted by molar-refractivity contribution is 0.259. The molecule has 0 rings (SSSR count). The Bertz CT molecular complexity index is 192. The second-order valence-corrected chi connectivity index (χ2v) is 4.53. The molecule has 0 aromatic heterocycles. The van der Waals surface area contributed by atoms with Crippen molar-refractivity contribution in [1.82, 2.24) is 0 Å². The smallest absolute Gasteiger partial charge is 0.0520 e. The van der Waals surface area contributed by atoms with Crippen molar-refractivity contribution in [2.75, 3.05) is 0 Å². The van der Waals surface area contributed by atoms with Crippen LogP contribution >= 0.6 is 0 Å². The zero-order valence-electron chi connectivity index (χ0n) is 10.3. The van der Waals surface area contributed by atoms with Crippen LogP contribution in [0, 0.1) is 5.41 Å². The first-order valence-electron chi connectivity index (χ1n) is 5.94. The molecule has 0 unspecified atom stereocenters. The van der Waals surface area contributed by atoms with Gasteiger partial charge in [-0.1, -0.05) is 24.6 Å². The van der Waals surface area contributed by atoms with Crippen molar-refractivity contribution < 1.29 is 0 Å². The SMILES string of the molecule is C=CCC(CC=C)(CC=C)CCCC(N)N. The summed E-state index contributed by atoms with van der Waals surface area (Å²) >= 11 is 0. The highest BCUT2D eigenvalue weighted by Crippen LogP contribution is 2.37. The molecule has 0 heterocycles. The molecule has 0 radical (unpaired) electrons. The fraction of sp³-hybridized carbons (Fsp3) is 0.571. The van der Waals surface area contributed by atoms with E-state index in [2.05, 4.69) is 19.7 Å². The monoisotopic (exact) mass is 222 g/mol. The molecule has 0 aromatic carbocycles. The van der Waals surface area contributed by atoms with Crippen LogP contribution in [0.2, 0.25) is 0 Å². The predicted molar refractivity (Wildman–Crippen MR) is 72.9 cm³/mol. The van der Waals surface area contributed by atoms with Crippen LogP contribution in [0.25, 0.3) is 0 Å². The van der Waals surface area contributed by atoms with E-state index >= 15 is 0 Å². The molecule has 0 aliphatic heterocycles. The lowest BCUT2D eigenvalue weighted by Crippen LogP contribution is -2.30. The number of hydrogen-bond acceptors (Lipinski definition) is 2. The molecule has 0 bridgehead atoms. The van der Waals surface area contributed by atoms with E-state index in [1.807, 2.05) is 18.2 Å². The molecule has 0 amide bonds. The maximum Gasteiger partial charge on any atom is 0.0520 e. The number of nitrogens with two attached hydrogens (primary N) is 2. The topological polar surface area (TPSA) is 52.0 Å². The molecule has 0 aliphatic rings. The minimum Gasteiger partial charge on any atom is -0.316 e. The first-order valence-corrected chi connectivity index (χ1v) is 5.94. The van der Waals surface area contributed by atoms with Crippen LogP contribution in [0.1, 0.15) is 38.5 Å². The Morgan fingerprint density at radius 2 is 1.38 bits per heavy atom. The summed E-state index contributed by atoms with van der Waals surface area (Å²) in [6, 6.07) is 0. The minimum absolute atomic E-state index is 0.200. The van der Waals surface area contributed by atoms with Gasteiger partial charge in [0.15, 0.2) is 0 Å². The Balaban J connectivity index is 4.39. The van der Waals surface area contributed by atoms with Crippen molar-refractivity contribution in [3.05, 3.63) is 38.0 Å². The van der Waals surface area contributed by atoms with Crippen LogP contribution < -0.4 is 11.5 Å². The van der Waals surface area contributed by atoms with Gasteiger partial charge in [0.05, 0.1) is 6.17 Å². The molecule has 0 atom stereocenters. The molecule has 0 saturated heterocycles. The van der Waals surface area contributed by atoms with E-state index in [9.17, 15) is 0 Å². The fourth-order valence-electron chi connectivity index (χ4n) is 2.19. The first kappa shape index (κ1) is 15.1. The molecular weight excluding hydrogens is 196 g/mol. The Morgan fingerprint density at radius 1 is 0.938 bits per heavy atom. The van der Waals surface area contributed by atoms with Gasteiger partial charge in [-0.15, -0.1) is 19.7 Å².